The number of piperidine rings is 1. The molecule has 0 bridgehead atoms. The molecule has 2 aliphatic heterocycles. The monoisotopic (exact) mass is 227 g/mol. The average molecular weight is 227 g/mol. The minimum Gasteiger partial charge on any atom is -0.379 e. The van der Waals surface area contributed by atoms with Crippen LogP contribution in [0.3, 0.4) is 0 Å². The van der Waals surface area contributed by atoms with E-state index in [-0.39, 0.29) is 0 Å². The summed E-state index contributed by atoms with van der Waals surface area (Å²) in [6.45, 7) is 5.03. The second-order valence-corrected chi connectivity index (χ2v) is 5.06. The molecule has 2 rings (SSSR count). The zero-order valence-corrected chi connectivity index (χ0v) is 10.2. The number of rotatable bonds is 5. The van der Waals surface area contributed by atoms with Crippen molar-refractivity contribution in [3.05, 3.63) is 0 Å². The highest BCUT2D eigenvalue weighted by molar-refractivity contribution is 4.69. The van der Waals surface area contributed by atoms with Gasteiger partial charge in [-0.3, -0.25) is 0 Å². The van der Waals surface area contributed by atoms with Gasteiger partial charge in [0, 0.05) is 13.2 Å². The van der Waals surface area contributed by atoms with E-state index in [9.17, 15) is 0 Å². The first-order valence-corrected chi connectivity index (χ1v) is 6.85. The second-order valence-electron chi connectivity index (χ2n) is 5.06. The molecule has 0 aromatic rings. The Kier molecular flexibility index (Phi) is 5.59. The lowest BCUT2D eigenvalue weighted by Gasteiger charge is -2.24. The molecule has 0 saturated carbocycles. The van der Waals surface area contributed by atoms with E-state index in [4.69, 9.17) is 9.47 Å². The lowest BCUT2D eigenvalue weighted by atomic mass is 9.97. The van der Waals surface area contributed by atoms with Gasteiger partial charge in [-0.2, -0.15) is 0 Å². The number of nitrogens with one attached hydrogen (secondary N) is 1. The molecule has 0 aliphatic carbocycles. The normalized spacial score (nSPS) is 31.5. The molecule has 2 unspecified atom stereocenters. The van der Waals surface area contributed by atoms with Crippen LogP contribution in [0.4, 0.5) is 0 Å². The Bertz CT molecular complexity index is 155. The van der Waals surface area contributed by atoms with Crippen molar-refractivity contribution in [3.8, 4) is 0 Å². The van der Waals surface area contributed by atoms with Gasteiger partial charge in [0.1, 0.15) is 0 Å². The molecule has 2 fully saturated rings. The summed E-state index contributed by atoms with van der Waals surface area (Å²) in [4.78, 5) is 0. The van der Waals surface area contributed by atoms with Gasteiger partial charge in [0.2, 0.25) is 0 Å². The summed E-state index contributed by atoms with van der Waals surface area (Å²) in [5, 5.41) is 3.44. The highest BCUT2D eigenvalue weighted by Gasteiger charge is 2.15. The number of ether oxygens (including phenoxy) is 2. The SMILES string of the molecule is C1CCC(COCCC2CCCNC2)OC1. The van der Waals surface area contributed by atoms with Crippen LogP contribution < -0.4 is 5.32 Å². The molecule has 2 saturated heterocycles. The molecule has 0 aromatic heterocycles. The molecule has 94 valence electrons. The fourth-order valence-corrected chi connectivity index (χ4v) is 2.57. The van der Waals surface area contributed by atoms with E-state index in [2.05, 4.69) is 5.32 Å². The van der Waals surface area contributed by atoms with E-state index in [0.717, 1.165) is 25.7 Å². The summed E-state index contributed by atoms with van der Waals surface area (Å²) in [6, 6.07) is 0. The maximum atomic E-state index is 5.72. The Morgan fingerprint density at radius 2 is 2.19 bits per heavy atom. The lowest BCUT2D eigenvalue weighted by Crippen LogP contribution is -2.31. The van der Waals surface area contributed by atoms with Crippen LogP contribution in [-0.2, 0) is 9.47 Å². The molecule has 3 heteroatoms. The standard InChI is InChI=1S/C13H25NO2/c1-2-8-16-13(5-1)11-15-9-6-12-4-3-7-14-10-12/h12-14H,1-11H2. The first kappa shape index (κ1) is 12.3. The van der Waals surface area contributed by atoms with E-state index in [0.29, 0.717) is 6.10 Å². The zero-order chi connectivity index (χ0) is 11.1. The Morgan fingerprint density at radius 3 is 2.94 bits per heavy atom. The molecule has 2 aliphatic rings. The minimum absolute atomic E-state index is 0.373. The van der Waals surface area contributed by atoms with Crippen LogP contribution in [0.1, 0.15) is 38.5 Å². The third kappa shape index (κ3) is 4.40. The summed E-state index contributed by atoms with van der Waals surface area (Å²) < 4.78 is 11.4. The van der Waals surface area contributed by atoms with Gasteiger partial charge in [0.05, 0.1) is 12.7 Å². The molecule has 0 amide bonds. The quantitative estimate of drug-likeness (QED) is 0.728. The highest BCUT2D eigenvalue weighted by Crippen LogP contribution is 2.15. The average Bonchev–Trinajstić information content (AvgIpc) is 2.37. The van der Waals surface area contributed by atoms with Crippen LogP contribution in [-0.4, -0.2) is 39.0 Å². The van der Waals surface area contributed by atoms with Gasteiger partial charge in [-0.25, -0.2) is 0 Å². The summed E-state index contributed by atoms with van der Waals surface area (Å²) >= 11 is 0. The second kappa shape index (κ2) is 7.25. The molecule has 3 nitrogen and oxygen atoms in total. The van der Waals surface area contributed by atoms with Crippen LogP contribution >= 0.6 is 0 Å². The van der Waals surface area contributed by atoms with Crippen molar-refractivity contribution in [2.45, 2.75) is 44.6 Å². The lowest BCUT2D eigenvalue weighted by molar-refractivity contribution is -0.0427. The Hall–Kier alpha value is -0.120. The third-order valence-corrected chi connectivity index (χ3v) is 3.65. The molecular weight excluding hydrogens is 202 g/mol. The van der Waals surface area contributed by atoms with Gasteiger partial charge in [-0.15, -0.1) is 0 Å². The summed E-state index contributed by atoms with van der Waals surface area (Å²) in [5.74, 6) is 0.834. The minimum atomic E-state index is 0.373. The van der Waals surface area contributed by atoms with Crippen molar-refractivity contribution in [2.75, 3.05) is 32.9 Å². The highest BCUT2D eigenvalue weighted by atomic mass is 16.5. The molecule has 2 heterocycles. The molecule has 0 aromatic carbocycles. The zero-order valence-electron chi connectivity index (χ0n) is 10.2. The fourth-order valence-electron chi connectivity index (χ4n) is 2.57. The molecule has 1 N–H and O–H groups in total. The van der Waals surface area contributed by atoms with Crippen molar-refractivity contribution in [3.63, 3.8) is 0 Å². The van der Waals surface area contributed by atoms with E-state index in [1.807, 2.05) is 0 Å². The Balaban J connectivity index is 1.47. The van der Waals surface area contributed by atoms with Crippen LogP contribution in [0.2, 0.25) is 0 Å². The largest absolute Gasteiger partial charge is 0.379 e. The van der Waals surface area contributed by atoms with Crippen LogP contribution in [0.15, 0.2) is 0 Å². The first-order chi connectivity index (χ1) is 7.95. The van der Waals surface area contributed by atoms with Crippen molar-refractivity contribution in [1.29, 1.82) is 0 Å². The number of hydrogen-bond acceptors (Lipinski definition) is 3. The van der Waals surface area contributed by atoms with Crippen molar-refractivity contribution in [2.24, 2.45) is 5.92 Å². The fraction of sp³-hybridized carbons (Fsp3) is 1.00. The van der Waals surface area contributed by atoms with Crippen LogP contribution in [0.5, 0.6) is 0 Å². The molecule has 2 atom stereocenters. The van der Waals surface area contributed by atoms with Gasteiger partial charge in [0.15, 0.2) is 0 Å². The predicted molar refractivity (Wildman–Crippen MR) is 64.6 cm³/mol. The third-order valence-electron chi connectivity index (χ3n) is 3.65. The van der Waals surface area contributed by atoms with Crippen molar-refractivity contribution < 1.29 is 9.47 Å². The molecule has 16 heavy (non-hydrogen) atoms. The summed E-state index contributed by atoms with van der Waals surface area (Å²) in [6.07, 6.45) is 8.00. The summed E-state index contributed by atoms with van der Waals surface area (Å²) in [5.41, 5.74) is 0. The Morgan fingerprint density at radius 1 is 1.19 bits per heavy atom. The maximum Gasteiger partial charge on any atom is 0.0808 e. The predicted octanol–water partition coefficient (Wildman–Crippen LogP) is 1.96. The number of hydrogen-bond donors (Lipinski definition) is 1. The topological polar surface area (TPSA) is 30.5 Å². The first-order valence-electron chi connectivity index (χ1n) is 6.85. The van der Waals surface area contributed by atoms with Gasteiger partial charge < -0.3 is 14.8 Å². The van der Waals surface area contributed by atoms with Gasteiger partial charge in [-0.1, -0.05) is 0 Å². The van der Waals surface area contributed by atoms with E-state index < -0.39 is 0 Å². The molecular formula is C13H25NO2. The van der Waals surface area contributed by atoms with Gasteiger partial charge in [0.25, 0.3) is 0 Å². The summed E-state index contributed by atoms with van der Waals surface area (Å²) in [7, 11) is 0. The van der Waals surface area contributed by atoms with Gasteiger partial charge >= 0.3 is 0 Å². The maximum absolute atomic E-state index is 5.72. The van der Waals surface area contributed by atoms with Gasteiger partial charge in [-0.05, 0) is 57.5 Å². The molecule has 0 spiro atoms. The smallest absolute Gasteiger partial charge is 0.0808 e. The van der Waals surface area contributed by atoms with Crippen LogP contribution in [0, 0.1) is 5.92 Å². The van der Waals surface area contributed by atoms with E-state index in [1.165, 1.54) is 51.6 Å². The van der Waals surface area contributed by atoms with E-state index in [1.54, 1.807) is 0 Å². The van der Waals surface area contributed by atoms with Crippen molar-refractivity contribution >= 4 is 0 Å². The van der Waals surface area contributed by atoms with Crippen molar-refractivity contribution in [1.82, 2.24) is 5.32 Å². The van der Waals surface area contributed by atoms with Crippen LogP contribution in [0.25, 0.3) is 0 Å². The Labute approximate surface area is 98.9 Å². The van der Waals surface area contributed by atoms with E-state index >= 15 is 0 Å². The molecule has 0 radical (unpaired) electrons.